The van der Waals surface area contributed by atoms with Crippen LogP contribution < -0.4 is 24.4 Å². The number of hydrogen-bond acceptors (Lipinski definition) is 6. The maximum Gasteiger partial charge on any atom is 0.200 e. The van der Waals surface area contributed by atoms with Crippen LogP contribution in [0, 0.1) is 0 Å². The van der Waals surface area contributed by atoms with Gasteiger partial charge in [0.15, 0.2) is 23.0 Å². The summed E-state index contributed by atoms with van der Waals surface area (Å²) in [5.74, 6) is 2.81. The zero-order valence-electron chi connectivity index (χ0n) is 18.9. The Hall–Kier alpha value is -4.19. The van der Waals surface area contributed by atoms with E-state index in [1.54, 1.807) is 58.8 Å². The van der Waals surface area contributed by atoms with Gasteiger partial charge in [0.1, 0.15) is 11.3 Å². The summed E-state index contributed by atoms with van der Waals surface area (Å²) in [5, 5.41) is 0.508. The van der Waals surface area contributed by atoms with Gasteiger partial charge in [-0.15, -0.1) is 0 Å². The van der Waals surface area contributed by atoms with Crippen LogP contribution in [0.5, 0.6) is 23.0 Å². The number of para-hydroxylation sites is 1. The van der Waals surface area contributed by atoms with Gasteiger partial charge in [-0.1, -0.05) is 24.3 Å². The van der Waals surface area contributed by atoms with Crippen molar-refractivity contribution in [1.29, 1.82) is 0 Å². The van der Waals surface area contributed by atoms with Crippen LogP contribution in [0.2, 0.25) is 0 Å². The van der Waals surface area contributed by atoms with Crippen molar-refractivity contribution in [1.82, 2.24) is 0 Å². The molecular weight excluding hydrogens is 420 g/mol. The van der Waals surface area contributed by atoms with E-state index in [0.717, 1.165) is 5.56 Å². The van der Waals surface area contributed by atoms with Crippen LogP contribution in [0.3, 0.4) is 0 Å². The summed E-state index contributed by atoms with van der Waals surface area (Å²) in [4.78, 5) is 13.4. The van der Waals surface area contributed by atoms with Gasteiger partial charge in [0.25, 0.3) is 0 Å². The van der Waals surface area contributed by atoms with E-state index in [2.05, 4.69) is 0 Å². The van der Waals surface area contributed by atoms with Gasteiger partial charge in [-0.05, 0) is 54.1 Å². The van der Waals surface area contributed by atoms with Crippen LogP contribution in [-0.2, 0) is 0 Å². The number of methoxy groups -OCH3 is 4. The second kappa shape index (κ2) is 9.53. The van der Waals surface area contributed by atoms with Crippen LogP contribution in [0.4, 0.5) is 0 Å². The molecule has 168 valence electrons. The Kier molecular flexibility index (Phi) is 6.36. The van der Waals surface area contributed by atoms with E-state index in [9.17, 15) is 4.79 Å². The Morgan fingerprint density at radius 2 is 1.33 bits per heavy atom. The molecule has 0 aliphatic rings. The van der Waals surface area contributed by atoms with Gasteiger partial charge >= 0.3 is 0 Å². The quantitative estimate of drug-likeness (QED) is 0.366. The third-order valence-electron chi connectivity index (χ3n) is 5.33. The highest BCUT2D eigenvalue weighted by Gasteiger charge is 2.16. The van der Waals surface area contributed by atoms with Gasteiger partial charge in [0, 0.05) is 5.56 Å². The molecule has 0 fully saturated rings. The third-order valence-corrected chi connectivity index (χ3v) is 5.33. The van der Waals surface area contributed by atoms with Crippen molar-refractivity contribution >= 4 is 23.1 Å². The van der Waals surface area contributed by atoms with Crippen molar-refractivity contribution in [3.63, 3.8) is 0 Å². The van der Waals surface area contributed by atoms with E-state index in [0.29, 0.717) is 50.9 Å². The Balaban J connectivity index is 1.90. The number of fused-ring (bicyclic) bond motifs is 1. The fourth-order valence-corrected chi connectivity index (χ4v) is 3.64. The van der Waals surface area contributed by atoms with Crippen LogP contribution in [-0.4, -0.2) is 28.4 Å². The smallest absolute Gasteiger partial charge is 0.200 e. The zero-order chi connectivity index (χ0) is 23.4. The van der Waals surface area contributed by atoms with E-state index in [-0.39, 0.29) is 5.43 Å². The lowest BCUT2D eigenvalue weighted by atomic mass is 10.0. The second-order valence-corrected chi connectivity index (χ2v) is 7.19. The molecule has 6 nitrogen and oxygen atoms in total. The Labute approximate surface area is 191 Å². The molecule has 6 heteroatoms. The van der Waals surface area contributed by atoms with Crippen LogP contribution in [0.1, 0.15) is 11.1 Å². The summed E-state index contributed by atoms with van der Waals surface area (Å²) in [6, 6.07) is 18.1. The van der Waals surface area contributed by atoms with Crippen LogP contribution in [0.25, 0.3) is 34.4 Å². The summed E-state index contributed by atoms with van der Waals surface area (Å²) < 4.78 is 27.7. The molecular formula is C27H24O6. The molecule has 1 aromatic heterocycles. The first kappa shape index (κ1) is 22.0. The molecule has 0 saturated carbocycles. The summed E-state index contributed by atoms with van der Waals surface area (Å²) in [7, 11) is 6.31. The molecule has 33 heavy (non-hydrogen) atoms. The number of benzene rings is 3. The monoisotopic (exact) mass is 444 g/mol. The van der Waals surface area contributed by atoms with Gasteiger partial charge in [0.05, 0.1) is 39.4 Å². The van der Waals surface area contributed by atoms with Gasteiger partial charge in [-0.2, -0.15) is 0 Å². The Morgan fingerprint density at radius 1 is 0.697 bits per heavy atom. The van der Waals surface area contributed by atoms with Crippen molar-refractivity contribution in [3.8, 4) is 34.3 Å². The van der Waals surface area contributed by atoms with Crippen molar-refractivity contribution in [2.24, 2.45) is 0 Å². The average molecular weight is 444 g/mol. The standard InChI is InChI=1S/C27H24O6/c1-29-22-13-10-17(15-24(22)31-3)9-12-20-26(28)19-7-5-6-8-21(19)33-27(20)18-11-14-23(30-2)25(16-18)32-4/h5-16H,1-4H3/b12-9+. The fourth-order valence-electron chi connectivity index (χ4n) is 3.64. The first-order valence-electron chi connectivity index (χ1n) is 10.3. The fraction of sp³-hybridized carbons (Fsp3) is 0.148. The lowest BCUT2D eigenvalue weighted by Gasteiger charge is -2.12. The zero-order valence-corrected chi connectivity index (χ0v) is 18.9. The molecule has 3 aromatic carbocycles. The summed E-state index contributed by atoms with van der Waals surface area (Å²) in [5.41, 5.74) is 2.35. The first-order chi connectivity index (χ1) is 16.1. The second-order valence-electron chi connectivity index (χ2n) is 7.19. The minimum Gasteiger partial charge on any atom is -0.493 e. The molecule has 4 rings (SSSR count). The molecule has 0 spiro atoms. The average Bonchev–Trinajstić information content (AvgIpc) is 2.87. The molecule has 0 N–H and O–H groups in total. The van der Waals surface area contributed by atoms with Gasteiger partial charge in [-0.25, -0.2) is 0 Å². The highest BCUT2D eigenvalue weighted by Crippen LogP contribution is 2.35. The Bertz CT molecular complexity index is 1380. The van der Waals surface area contributed by atoms with Crippen molar-refractivity contribution in [2.45, 2.75) is 0 Å². The molecule has 0 atom stereocenters. The summed E-state index contributed by atoms with van der Waals surface area (Å²) in [6.45, 7) is 0. The minimum absolute atomic E-state index is 0.127. The van der Waals surface area contributed by atoms with Crippen molar-refractivity contribution in [3.05, 3.63) is 82.0 Å². The SMILES string of the molecule is COc1ccc(/C=C/c2c(-c3ccc(OC)c(OC)c3)oc3ccccc3c2=O)cc1OC. The highest BCUT2D eigenvalue weighted by molar-refractivity contribution is 5.87. The lowest BCUT2D eigenvalue weighted by molar-refractivity contribution is 0.355. The van der Waals surface area contributed by atoms with Gasteiger partial charge < -0.3 is 23.4 Å². The lowest BCUT2D eigenvalue weighted by Crippen LogP contribution is -2.07. The molecule has 0 bridgehead atoms. The van der Waals surface area contributed by atoms with Gasteiger partial charge in [0.2, 0.25) is 5.43 Å². The van der Waals surface area contributed by atoms with E-state index in [1.807, 2.05) is 42.5 Å². The molecule has 0 aliphatic carbocycles. The van der Waals surface area contributed by atoms with Gasteiger partial charge in [-0.3, -0.25) is 4.79 Å². The van der Waals surface area contributed by atoms with E-state index < -0.39 is 0 Å². The summed E-state index contributed by atoms with van der Waals surface area (Å²) >= 11 is 0. The summed E-state index contributed by atoms with van der Waals surface area (Å²) in [6.07, 6.45) is 3.60. The normalized spacial score (nSPS) is 11.0. The third kappa shape index (κ3) is 4.28. The van der Waals surface area contributed by atoms with E-state index in [4.69, 9.17) is 23.4 Å². The van der Waals surface area contributed by atoms with E-state index >= 15 is 0 Å². The van der Waals surface area contributed by atoms with E-state index in [1.165, 1.54) is 0 Å². The largest absolute Gasteiger partial charge is 0.493 e. The molecule has 0 unspecified atom stereocenters. The Morgan fingerprint density at radius 3 is 2.03 bits per heavy atom. The molecule has 1 heterocycles. The number of rotatable bonds is 7. The maximum atomic E-state index is 13.4. The first-order valence-corrected chi connectivity index (χ1v) is 10.3. The predicted octanol–water partition coefficient (Wildman–Crippen LogP) is 5.66. The van der Waals surface area contributed by atoms with Crippen LogP contribution >= 0.6 is 0 Å². The minimum atomic E-state index is -0.127. The van der Waals surface area contributed by atoms with Crippen LogP contribution in [0.15, 0.2) is 69.9 Å². The topological polar surface area (TPSA) is 67.1 Å². The number of ether oxygens (including phenoxy) is 4. The highest BCUT2D eigenvalue weighted by atomic mass is 16.5. The molecule has 0 aliphatic heterocycles. The maximum absolute atomic E-state index is 13.4. The van der Waals surface area contributed by atoms with Crippen molar-refractivity contribution < 1.29 is 23.4 Å². The number of hydrogen-bond donors (Lipinski definition) is 0. The molecule has 4 aromatic rings. The molecule has 0 saturated heterocycles. The molecule has 0 amide bonds. The predicted molar refractivity (Wildman–Crippen MR) is 129 cm³/mol. The van der Waals surface area contributed by atoms with Crippen molar-refractivity contribution in [2.75, 3.05) is 28.4 Å². The molecule has 0 radical (unpaired) electrons.